The molecule has 2 aromatic rings. The predicted octanol–water partition coefficient (Wildman–Crippen LogP) is 4.13. The molecule has 0 spiro atoms. The summed E-state index contributed by atoms with van der Waals surface area (Å²) in [6.45, 7) is 6.33. The minimum absolute atomic E-state index is 0.0261. The second kappa shape index (κ2) is 10.3. The van der Waals surface area contributed by atoms with Gasteiger partial charge in [-0.05, 0) is 61.6 Å². The maximum atomic E-state index is 12.4. The molecule has 0 aliphatic rings. The summed E-state index contributed by atoms with van der Waals surface area (Å²) >= 11 is 0. The maximum absolute atomic E-state index is 12.4. The number of anilines is 1. The fourth-order valence-electron chi connectivity index (χ4n) is 2.63. The Balaban J connectivity index is 2.07. The maximum Gasteiger partial charge on any atom is 0.303 e. The van der Waals surface area contributed by atoms with Gasteiger partial charge in [-0.3, -0.25) is 9.59 Å². The van der Waals surface area contributed by atoms with Crippen LogP contribution in [0.2, 0.25) is 0 Å². The van der Waals surface area contributed by atoms with Crippen LogP contribution in [0.4, 0.5) is 5.69 Å². The zero-order valence-corrected chi connectivity index (χ0v) is 16.6. The Labute approximate surface area is 165 Å². The number of hydrogen-bond acceptors (Lipinski definition) is 4. The number of ether oxygens (including phenoxy) is 2. The fourth-order valence-corrected chi connectivity index (χ4v) is 2.63. The summed E-state index contributed by atoms with van der Waals surface area (Å²) in [6.07, 6.45) is 1.24. The summed E-state index contributed by atoms with van der Waals surface area (Å²) in [7, 11) is 0. The highest BCUT2D eigenvalue weighted by Crippen LogP contribution is 2.27. The molecule has 0 saturated carbocycles. The van der Waals surface area contributed by atoms with Gasteiger partial charge in [0.15, 0.2) is 6.61 Å². The molecule has 150 valence electrons. The summed E-state index contributed by atoms with van der Waals surface area (Å²) in [5.41, 5.74) is 3.43. The van der Waals surface area contributed by atoms with Gasteiger partial charge >= 0.3 is 5.97 Å². The summed E-state index contributed by atoms with van der Waals surface area (Å²) < 4.78 is 11.3. The third kappa shape index (κ3) is 6.30. The number of hydrogen-bond donors (Lipinski definition) is 2. The van der Waals surface area contributed by atoms with E-state index in [-0.39, 0.29) is 18.9 Å². The molecule has 0 aliphatic carbocycles. The van der Waals surface area contributed by atoms with Crippen LogP contribution in [-0.4, -0.2) is 30.2 Å². The number of rotatable bonds is 10. The van der Waals surface area contributed by atoms with E-state index < -0.39 is 5.97 Å². The number of carboxylic acid groups (broad SMARTS) is 1. The average molecular weight is 385 g/mol. The number of amides is 1. The number of aryl methyl sites for hydroxylation is 2. The van der Waals surface area contributed by atoms with E-state index in [0.717, 1.165) is 23.1 Å². The Bertz CT molecular complexity index is 832. The van der Waals surface area contributed by atoms with Crippen molar-refractivity contribution in [2.45, 2.75) is 40.0 Å². The molecule has 0 radical (unpaired) electrons. The Morgan fingerprint density at radius 1 is 1.07 bits per heavy atom. The van der Waals surface area contributed by atoms with Crippen molar-refractivity contribution in [3.05, 3.63) is 53.1 Å². The lowest BCUT2D eigenvalue weighted by molar-refractivity contribution is -0.137. The second-order valence-corrected chi connectivity index (χ2v) is 6.61. The highest BCUT2D eigenvalue weighted by atomic mass is 16.5. The zero-order valence-electron chi connectivity index (χ0n) is 16.6. The molecule has 0 unspecified atom stereocenters. The van der Waals surface area contributed by atoms with Gasteiger partial charge in [0.1, 0.15) is 11.5 Å². The van der Waals surface area contributed by atoms with Gasteiger partial charge < -0.3 is 19.9 Å². The third-order valence-corrected chi connectivity index (χ3v) is 4.32. The fraction of sp³-hybridized carbons (Fsp3) is 0.364. The predicted molar refractivity (Wildman–Crippen MR) is 108 cm³/mol. The van der Waals surface area contributed by atoms with E-state index in [0.29, 0.717) is 30.2 Å². The molecule has 2 aromatic carbocycles. The van der Waals surface area contributed by atoms with Gasteiger partial charge in [0.05, 0.1) is 12.3 Å². The van der Waals surface area contributed by atoms with Crippen LogP contribution in [0, 0.1) is 13.8 Å². The quantitative estimate of drug-likeness (QED) is 0.642. The number of carbonyl (C=O) groups is 2. The monoisotopic (exact) mass is 385 g/mol. The average Bonchev–Trinajstić information content (AvgIpc) is 2.66. The molecule has 0 fully saturated rings. The van der Waals surface area contributed by atoms with Crippen molar-refractivity contribution in [1.29, 1.82) is 0 Å². The first-order valence-corrected chi connectivity index (χ1v) is 9.37. The molecule has 0 aliphatic heterocycles. The smallest absolute Gasteiger partial charge is 0.303 e. The van der Waals surface area contributed by atoms with E-state index in [1.807, 2.05) is 45.0 Å². The Morgan fingerprint density at radius 3 is 2.57 bits per heavy atom. The first kappa shape index (κ1) is 21.3. The number of nitrogens with one attached hydrogen (secondary N) is 1. The molecule has 2 N–H and O–H groups in total. The van der Waals surface area contributed by atoms with Crippen LogP contribution in [0.1, 0.15) is 36.5 Å². The molecule has 0 atom stereocenters. The summed E-state index contributed by atoms with van der Waals surface area (Å²) in [5.74, 6) is 0.0604. The van der Waals surface area contributed by atoms with Gasteiger partial charge in [-0.1, -0.05) is 25.1 Å². The number of carbonyl (C=O) groups excluding carboxylic acids is 1. The van der Waals surface area contributed by atoms with E-state index in [9.17, 15) is 9.59 Å². The van der Waals surface area contributed by atoms with Crippen LogP contribution in [0.3, 0.4) is 0 Å². The number of carboxylic acids is 1. The van der Waals surface area contributed by atoms with Gasteiger partial charge in [-0.2, -0.15) is 0 Å². The molecule has 0 saturated heterocycles. The Hall–Kier alpha value is -3.02. The normalized spacial score (nSPS) is 10.4. The van der Waals surface area contributed by atoms with Gasteiger partial charge in [0, 0.05) is 6.42 Å². The first-order chi connectivity index (χ1) is 13.4. The number of benzene rings is 2. The molecule has 0 aromatic heterocycles. The molecule has 2 rings (SSSR count). The Morgan fingerprint density at radius 2 is 1.86 bits per heavy atom. The van der Waals surface area contributed by atoms with E-state index >= 15 is 0 Å². The molecule has 1 amide bonds. The van der Waals surface area contributed by atoms with Crippen LogP contribution in [0.5, 0.6) is 11.5 Å². The lowest BCUT2D eigenvalue weighted by Gasteiger charge is -2.15. The first-order valence-electron chi connectivity index (χ1n) is 9.37. The molecule has 6 heteroatoms. The van der Waals surface area contributed by atoms with Crippen molar-refractivity contribution in [2.75, 3.05) is 18.5 Å². The molecule has 28 heavy (non-hydrogen) atoms. The summed E-state index contributed by atoms with van der Waals surface area (Å²) in [5, 5.41) is 11.7. The summed E-state index contributed by atoms with van der Waals surface area (Å²) in [6, 6.07) is 11.0. The highest BCUT2D eigenvalue weighted by Gasteiger charge is 2.12. The lowest BCUT2D eigenvalue weighted by Crippen LogP contribution is -2.21. The van der Waals surface area contributed by atoms with Crippen LogP contribution < -0.4 is 14.8 Å². The van der Waals surface area contributed by atoms with Crippen molar-refractivity contribution < 1.29 is 24.2 Å². The van der Waals surface area contributed by atoms with Gasteiger partial charge in [0.25, 0.3) is 5.91 Å². The van der Waals surface area contributed by atoms with Crippen LogP contribution in [0.25, 0.3) is 0 Å². The third-order valence-electron chi connectivity index (χ3n) is 4.32. The molecule has 0 bridgehead atoms. The molecule has 0 heterocycles. The lowest BCUT2D eigenvalue weighted by atomic mass is 10.1. The van der Waals surface area contributed by atoms with E-state index in [4.69, 9.17) is 14.6 Å². The topological polar surface area (TPSA) is 84.9 Å². The van der Waals surface area contributed by atoms with Crippen molar-refractivity contribution >= 4 is 17.6 Å². The SMILES string of the molecule is CCCOc1ccc(CCC(=O)O)cc1NC(=O)COc1cccc(C)c1C. The van der Waals surface area contributed by atoms with Gasteiger partial charge in [-0.15, -0.1) is 0 Å². The van der Waals surface area contributed by atoms with Gasteiger partial charge in [0.2, 0.25) is 0 Å². The minimum atomic E-state index is -0.862. The van der Waals surface area contributed by atoms with Crippen LogP contribution >= 0.6 is 0 Å². The van der Waals surface area contributed by atoms with Crippen LogP contribution in [-0.2, 0) is 16.0 Å². The molecular weight excluding hydrogens is 358 g/mol. The number of aliphatic carboxylic acids is 1. The molecular formula is C22H27NO5. The van der Waals surface area contributed by atoms with Crippen molar-refractivity contribution in [3.63, 3.8) is 0 Å². The largest absolute Gasteiger partial charge is 0.491 e. The second-order valence-electron chi connectivity index (χ2n) is 6.61. The highest BCUT2D eigenvalue weighted by molar-refractivity contribution is 5.93. The van der Waals surface area contributed by atoms with E-state index in [1.165, 1.54) is 0 Å². The van der Waals surface area contributed by atoms with E-state index in [1.54, 1.807) is 12.1 Å². The van der Waals surface area contributed by atoms with E-state index in [2.05, 4.69) is 5.32 Å². The van der Waals surface area contributed by atoms with Gasteiger partial charge in [-0.25, -0.2) is 0 Å². The summed E-state index contributed by atoms with van der Waals surface area (Å²) in [4.78, 5) is 23.2. The van der Waals surface area contributed by atoms with Crippen LogP contribution in [0.15, 0.2) is 36.4 Å². The van der Waals surface area contributed by atoms with Crippen molar-refractivity contribution in [1.82, 2.24) is 0 Å². The standard InChI is InChI=1S/C22H27NO5/c1-4-12-27-20-10-8-17(9-11-22(25)26)13-18(20)23-21(24)14-28-19-7-5-6-15(2)16(19)3/h5-8,10,13H,4,9,11-12,14H2,1-3H3,(H,23,24)(H,25,26). The zero-order chi connectivity index (χ0) is 20.5. The minimum Gasteiger partial charge on any atom is -0.491 e. The van der Waals surface area contributed by atoms with Crippen molar-refractivity contribution in [3.8, 4) is 11.5 Å². The van der Waals surface area contributed by atoms with Crippen molar-refractivity contribution in [2.24, 2.45) is 0 Å². The Kier molecular flexibility index (Phi) is 7.87. The molecule has 6 nitrogen and oxygen atoms in total.